The number of nitrogens with one attached hydrogen (secondary N) is 1. The number of amides is 1. The molecule has 1 saturated carbocycles. The fourth-order valence-electron chi connectivity index (χ4n) is 2.75. The van der Waals surface area contributed by atoms with E-state index < -0.39 is 0 Å². The second-order valence-corrected chi connectivity index (χ2v) is 5.76. The van der Waals surface area contributed by atoms with Gasteiger partial charge in [0.05, 0.1) is 0 Å². The van der Waals surface area contributed by atoms with E-state index in [9.17, 15) is 4.79 Å². The first-order valence-electron chi connectivity index (χ1n) is 8.11. The molecule has 0 unspecified atom stereocenters. The van der Waals surface area contributed by atoms with Crippen LogP contribution in [0.5, 0.6) is 17.2 Å². The highest BCUT2D eigenvalue weighted by atomic mass is 16.6. The normalized spacial score (nSPS) is 15.0. The number of benzene rings is 2. The van der Waals surface area contributed by atoms with Gasteiger partial charge in [-0.2, -0.15) is 0 Å². The van der Waals surface area contributed by atoms with Gasteiger partial charge in [0.2, 0.25) is 0 Å². The second-order valence-electron chi connectivity index (χ2n) is 5.76. The lowest BCUT2D eigenvalue weighted by Gasteiger charge is -2.22. The fraction of sp³-hybridized carbons (Fsp3) is 0.316. The van der Waals surface area contributed by atoms with Gasteiger partial charge >= 0.3 is 6.09 Å². The molecular weight excluding hydrogens is 290 g/mol. The lowest BCUT2D eigenvalue weighted by molar-refractivity contribution is 0.192. The van der Waals surface area contributed by atoms with E-state index in [-0.39, 0.29) is 12.1 Å². The molecule has 2 aromatic carbocycles. The van der Waals surface area contributed by atoms with Crippen LogP contribution in [0.25, 0.3) is 0 Å². The Morgan fingerprint density at radius 2 is 1.43 bits per heavy atom. The molecular formula is C19H21NO3. The molecule has 1 amide bonds. The summed E-state index contributed by atoms with van der Waals surface area (Å²) in [5.74, 6) is 1.99. The average molecular weight is 311 g/mol. The summed E-state index contributed by atoms with van der Waals surface area (Å²) < 4.78 is 11.0. The van der Waals surface area contributed by atoms with E-state index >= 15 is 0 Å². The zero-order valence-corrected chi connectivity index (χ0v) is 13.0. The molecule has 0 atom stereocenters. The van der Waals surface area contributed by atoms with Crippen LogP contribution < -0.4 is 14.8 Å². The standard InChI is InChI=1S/C19H21NO3/c21-19(20-15-7-3-1-4-8-15)23-18-13-11-17(12-14-18)22-16-9-5-2-6-10-16/h2,5-6,9-15H,1,3-4,7-8H2,(H,20,21). The molecule has 0 heterocycles. The summed E-state index contributed by atoms with van der Waals surface area (Å²) >= 11 is 0. The Morgan fingerprint density at radius 1 is 0.826 bits per heavy atom. The van der Waals surface area contributed by atoms with Crippen molar-refractivity contribution in [2.45, 2.75) is 38.1 Å². The third-order valence-electron chi connectivity index (χ3n) is 3.94. The predicted octanol–water partition coefficient (Wildman–Crippen LogP) is 4.90. The lowest BCUT2D eigenvalue weighted by atomic mass is 9.96. The fourth-order valence-corrected chi connectivity index (χ4v) is 2.75. The number of hydrogen-bond donors (Lipinski definition) is 1. The van der Waals surface area contributed by atoms with Gasteiger partial charge in [-0.05, 0) is 49.2 Å². The molecule has 2 aromatic rings. The van der Waals surface area contributed by atoms with E-state index in [0.717, 1.165) is 18.6 Å². The van der Waals surface area contributed by atoms with Crippen LogP contribution in [-0.2, 0) is 0 Å². The summed E-state index contributed by atoms with van der Waals surface area (Å²) in [5, 5.41) is 2.93. The van der Waals surface area contributed by atoms with Crippen LogP contribution in [-0.4, -0.2) is 12.1 Å². The first-order valence-corrected chi connectivity index (χ1v) is 8.11. The molecule has 0 aromatic heterocycles. The number of ether oxygens (including phenoxy) is 2. The van der Waals surface area contributed by atoms with Gasteiger partial charge in [0.25, 0.3) is 0 Å². The third-order valence-corrected chi connectivity index (χ3v) is 3.94. The monoisotopic (exact) mass is 311 g/mol. The molecule has 4 heteroatoms. The van der Waals surface area contributed by atoms with Crippen LogP contribution in [0.2, 0.25) is 0 Å². The highest BCUT2D eigenvalue weighted by molar-refractivity contribution is 5.70. The van der Waals surface area contributed by atoms with E-state index in [4.69, 9.17) is 9.47 Å². The van der Waals surface area contributed by atoms with Crippen LogP contribution >= 0.6 is 0 Å². The van der Waals surface area contributed by atoms with Crippen LogP contribution in [0.15, 0.2) is 54.6 Å². The summed E-state index contributed by atoms with van der Waals surface area (Å²) in [6, 6.07) is 16.9. The molecule has 3 rings (SSSR count). The van der Waals surface area contributed by atoms with E-state index in [1.54, 1.807) is 24.3 Å². The van der Waals surface area contributed by atoms with Crippen molar-refractivity contribution < 1.29 is 14.3 Å². The molecule has 1 aliphatic rings. The maximum absolute atomic E-state index is 11.9. The third kappa shape index (κ3) is 4.74. The second kappa shape index (κ2) is 7.68. The van der Waals surface area contributed by atoms with Crippen molar-refractivity contribution in [3.8, 4) is 17.2 Å². The zero-order valence-electron chi connectivity index (χ0n) is 13.0. The number of para-hydroxylation sites is 1. The van der Waals surface area contributed by atoms with Gasteiger partial charge in [0, 0.05) is 6.04 Å². The molecule has 0 aliphatic heterocycles. The van der Waals surface area contributed by atoms with Gasteiger partial charge in [-0.15, -0.1) is 0 Å². The molecule has 1 fully saturated rings. The maximum Gasteiger partial charge on any atom is 0.412 e. The number of rotatable bonds is 4. The molecule has 0 spiro atoms. The maximum atomic E-state index is 11.9. The average Bonchev–Trinajstić information content (AvgIpc) is 2.58. The van der Waals surface area contributed by atoms with Gasteiger partial charge in [-0.25, -0.2) is 4.79 Å². The van der Waals surface area contributed by atoms with Crippen LogP contribution in [0.4, 0.5) is 4.79 Å². The van der Waals surface area contributed by atoms with Gasteiger partial charge < -0.3 is 14.8 Å². The van der Waals surface area contributed by atoms with Crippen molar-refractivity contribution >= 4 is 6.09 Å². The Bertz CT molecular complexity index is 619. The Balaban J connectivity index is 1.51. The smallest absolute Gasteiger partial charge is 0.412 e. The quantitative estimate of drug-likeness (QED) is 0.873. The molecule has 0 bridgehead atoms. The number of carbonyl (C=O) groups excluding carboxylic acids is 1. The lowest BCUT2D eigenvalue weighted by Crippen LogP contribution is -2.37. The zero-order chi connectivity index (χ0) is 15.9. The van der Waals surface area contributed by atoms with E-state index in [1.807, 2.05) is 30.3 Å². The highest BCUT2D eigenvalue weighted by Crippen LogP contribution is 2.24. The molecule has 0 saturated heterocycles. The van der Waals surface area contributed by atoms with E-state index in [1.165, 1.54) is 19.3 Å². The molecule has 1 N–H and O–H groups in total. The molecule has 120 valence electrons. The molecule has 0 radical (unpaired) electrons. The summed E-state index contributed by atoms with van der Waals surface area (Å²) in [5.41, 5.74) is 0. The van der Waals surface area contributed by atoms with Crippen LogP contribution in [0, 0.1) is 0 Å². The summed E-state index contributed by atoms with van der Waals surface area (Å²) in [7, 11) is 0. The Hall–Kier alpha value is -2.49. The first-order chi connectivity index (χ1) is 11.3. The SMILES string of the molecule is O=C(NC1CCCCC1)Oc1ccc(Oc2ccccc2)cc1. The van der Waals surface area contributed by atoms with Crippen molar-refractivity contribution in [1.82, 2.24) is 5.32 Å². The Morgan fingerprint density at radius 3 is 2.13 bits per heavy atom. The van der Waals surface area contributed by atoms with Crippen LogP contribution in [0.3, 0.4) is 0 Å². The summed E-state index contributed by atoms with van der Waals surface area (Å²) in [4.78, 5) is 11.9. The summed E-state index contributed by atoms with van der Waals surface area (Å²) in [6.45, 7) is 0. The minimum absolute atomic E-state index is 0.247. The highest BCUT2D eigenvalue weighted by Gasteiger charge is 2.16. The number of carbonyl (C=O) groups is 1. The van der Waals surface area contributed by atoms with Crippen molar-refractivity contribution in [1.29, 1.82) is 0 Å². The number of hydrogen-bond acceptors (Lipinski definition) is 3. The first kappa shape index (κ1) is 15.4. The van der Waals surface area contributed by atoms with Gasteiger partial charge in [-0.3, -0.25) is 0 Å². The van der Waals surface area contributed by atoms with E-state index in [0.29, 0.717) is 11.5 Å². The Labute approximate surface area is 136 Å². The van der Waals surface area contributed by atoms with Gasteiger partial charge in [-0.1, -0.05) is 37.5 Å². The minimum Gasteiger partial charge on any atom is -0.457 e. The van der Waals surface area contributed by atoms with Crippen LogP contribution in [0.1, 0.15) is 32.1 Å². The van der Waals surface area contributed by atoms with E-state index in [2.05, 4.69) is 5.32 Å². The van der Waals surface area contributed by atoms with Crippen molar-refractivity contribution in [2.75, 3.05) is 0 Å². The van der Waals surface area contributed by atoms with Gasteiger partial charge in [0.15, 0.2) is 0 Å². The van der Waals surface area contributed by atoms with Gasteiger partial charge in [0.1, 0.15) is 17.2 Å². The van der Waals surface area contributed by atoms with Crippen molar-refractivity contribution in [3.63, 3.8) is 0 Å². The van der Waals surface area contributed by atoms with Crippen molar-refractivity contribution in [3.05, 3.63) is 54.6 Å². The topological polar surface area (TPSA) is 47.6 Å². The predicted molar refractivity (Wildman–Crippen MR) is 89.0 cm³/mol. The summed E-state index contributed by atoms with van der Waals surface area (Å²) in [6.07, 6.45) is 5.31. The largest absolute Gasteiger partial charge is 0.457 e. The van der Waals surface area contributed by atoms with Crippen molar-refractivity contribution in [2.24, 2.45) is 0 Å². The minimum atomic E-state index is -0.381. The molecule has 4 nitrogen and oxygen atoms in total. The molecule has 1 aliphatic carbocycles. The Kier molecular flexibility index (Phi) is 5.14. The molecule has 23 heavy (non-hydrogen) atoms.